The molecule has 2 aromatic rings. The van der Waals surface area contributed by atoms with E-state index in [9.17, 15) is 4.39 Å². The lowest BCUT2D eigenvalue weighted by atomic mass is 9.86. The van der Waals surface area contributed by atoms with Gasteiger partial charge in [0.05, 0.1) is 5.02 Å². The Morgan fingerprint density at radius 3 is 2.47 bits per heavy atom. The molecule has 1 atom stereocenters. The van der Waals surface area contributed by atoms with Gasteiger partial charge in [-0.05, 0) is 40.9 Å². The lowest BCUT2D eigenvalue weighted by molar-refractivity contribution is 0.457. The smallest absolute Gasteiger partial charge is 0.147 e. The molecule has 2 aromatic carbocycles. The molecule has 0 aromatic heterocycles. The summed E-state index contributed by atoms with van der Waals surface area (Å²) in [6.07, 6.45) is 0.544. The predicted molar refractivity (Wildman–Crippen MR) is 80.8 cm³/mol. The van der Waals surface area contributed by atoms with Crippen LogP contribution >= 0.6 is 27.5 Å². The molecule has 4 heteroatoms. The van der Waals surface area contributed by atoms with Crippen LogP contribution in [0.3, 0.4) is 0 Å². The summed E-state index contributed by atoms with van der Waals surface area (Å²) in [6.45, 7) is 1.81. The highest BCUT2D eigenvalue weighted by Crippen LogP contribution is 2.33. The fraction of sp³-hybridized carbons (Fsp3) is 0.200. The van der Waals surface area contributed by atoms with Crippen LogP contribution in [-0.4, -0.2) is 0 Å². The van der Waals surface area contributed by atoms with Gasteiger partial charge in [-0.1, -0.05) is 48.0 Å². The van der Waals surface area contributed by atoms with Crippen LogP contribution < -0.4 is 5.73 Å². The zero-order valence-electron chi connectivity index (χ0n) is 10.5. The number of hydrogen-bond acceptors (Lipinski definition) is 1. The second kappa shape index (κ2) is 5.61. The summed E-state index contributed by atoms with van der Waals surface area (Å²) in [5, 5.41) is 0.0715. The van der Waals surface area contributed by atoms with Crippen molar-refractivity contribution in [2.45, 2.75) is 18.9 Å². The summed E-state index contributed by atoms with van der Waals surface area (Å²) in [5.74, 6) is -0.461. The zero-order chi connectivity index (χ0) is 14.0. The summed E-state index contributed by atoms with van der Waals surface area (Å²) in [6, 6.07) is 13.2. The van der Waals surface area contributed by atoms with Gasteiger partial charge in [0.15, 0.2) is 0 Å². The van der Waals surface area contributed by atoms with E-state index < -0.39 is 11.4 Å². The molecule has 0 aliphatic heterocycles. The van der Waals surface area contributed by atoms with Gasteiger partial charge in [0.1, 0.15) is 5.82 Å². The highest BCUT2D eigenvalue weighted by molar-refractivity contribution is 9.10. The van der Waals surface area contributed by atoms with Gasteiger partial charge < -0.3 is 5.73 Å². The highest BCUT2D eigenvalue weighted by Gasteiger charge is 2.27. The van der Waals surface area contributed by atoms with Crippen molar-refractivity contribution in [3.63, 3.8) is 0 Å². The zero-order valence-corrected chi connectivity index (χ0v) is 12.8. The van der Waals surface area contributed by atoms with Gasteiger partial charge in [0.2, 0.25) is 0 Å². The molecule has 0 bridgehead atoms. The maximum Gasteiger partial charge on any atom is 0.147 e. The van der Waals surface area contributed by atoms with Crippen molar-refractivity contribution in [1.29, 1.82) is 0 Å². The molecule has 0 spiro atoms. The van der Waals surface area contributed by atoms with Crippen LogP contribution in [0.2, 0.25) is 5.02 Å². The molecule has 1 nitrogen and oxygen atoms in total. The molecule has 1 unspecified atom stereocenters. The van der Waals surface area contributed by atoms with E-state index in [2.05, 4.69) is 15.9 Å². The molecule has 0 saturated carbocycles. The average molecular weight is 343 g/mol. The molecule has 0 aliphatic rings. The molecule has 0 radical (unpaired) electrons. The summed E-state index contributed by atoms with van der Waals surface area (Å²) in [4.78, 5) is 0. The minimum absolute atomic E-state index is 0.0715. The molecule has 19 heavy (non-hydrogen) atoms. The van der Waals surface area contributed by atoms with Crippen LogP contribution in [0.25, 0.3) is 0 Å². The monoisotopic (exact) mass is 341 g/mol. The average Bonchev–Trinajstić information content (AvgIpc) is 2.36. The molecule has 0 fully saturated rings. The normalized spacial score (nSPS) is 14.2. The first-order chi connectivity index (χ1) is 8.92. The van der Waals surface area contributed by atoms with E-state index in [4.69, 9.17) is 17.3 Å². The maximum absolute atomic E-state index is 14.2. The van der Waals surface area contributed by atoms with Gasteiger partial charge in [-0.2, -0.15) is 0 Å². The van der Waals surface area contributed by atoms with Crippen molar-refractivity contribution in [1.82, 2.24) is 0 Å². The largest absolute Gasteiger partial charge is 0.321 e. The minimum Gasteiger partial charge on any atom is -0.321 e. The molecule has 0 amide bonds. The second-order valence-corrected chi connectivity index (χ2v) is 6.04. The lowest BCUT2D eigenvalue weighted by Crippen LogP contribution is -2.36. The van der Waals surface area contributed by atoms with Crippen LogP contribution in [0.1, 0.15) is 18.1 Å². The van der Waals surface area contributed by atoms with Gasteiger partial charge in [-0.3, -0.25) is 0 Å². The molecule has 2 N–H and O–H groups in total. The Morgan fingerprint density at radius 2 is 1.84 bits per heavy atom. The van der Waals surface area contributed by atoms with Gasteiger partial charge in [-0.15, -0.1) is 0 Å². The first-order valence-electron chi connectivity index (χ1n) is 5.88. The Hall–Kier alpha value is -0.900. The van der Waals surface area contributed by atoms with Gasteiger partial charge in [-0.25, -0.2) is 4.39 Å². The van der Waals surface area contributed by atoms with Crippen LogP contribution in [-0.2, 0) is 12.0 Å². The molecule has 0 aliphatic carbocycles. The third-order valence-electron chi connectivity index (χ3n) is 3.06. The number of rotatable bonds is 3. The number of hydrogen-bond donors (Lipinski definition) is 1. The predicted octanol–water partition coefficient (Wildman–Crippen LogP) is 4.66. The third-order valence-corrected chi connectivity index (χ3v) is 4.32. The Morgan fingerprint density at radius 1 is 1.21 bits per heavy atom. The molecule has 0 heterocycles. The fourth-order valence-corrected chi connectivity index (χ4v) is 2.55. The van der Waals surface area contributed by atoms with Crippen molar-refractivity contribution in [3.05, 3.63) is 68.9 Å². The van der Waals surface area contributed by atoms with E-state index in [0.29, 0.717) is 16.5 Å². The van der Waals surface area contributed by atoms with Crippen molar-refractivity contribution in [2.24, 2.45) is 5.73 Å². The SMILES string of the molecule is CC(N)(Cc1ccccc1)c1ccc(Br)c(Cl)c1F. The minimum atomic E-state index is -0.810. The van der Waals surface area contributed by atoms with Crippen molar-refractivity contribution < 1.29 is 4.39 Å². The number of nitrogens with two attached hydrogens (primary N) is 1. The van der Waals surface area contributed by atoms with Gasteiger partial charge in [0.25, 0.3) is 0 Å². The van der Waals surface area contributed by atoms with E-state index in [-0.39, 0.29) is 5.02 Å². The van der Waals surface area contributed by atoms with Gasteiger partial charge >= 0.3 is 0 Å². The molecule has 100 valence electrons. The third kappa shape index (κ3) is 3.16. The van der Waals surface area contributed by atoms with E-state index >= 15 is 0 Å². The van der Waals surface area contributed by atoms with Gasteiger partial charge in [0, 0.05) is 15.6 Å². The molecular formula is C15H14BrClFN. The maximum atomic E-state index is 14.2. The Bertz CT molecular complexity index is 584. The summed E-state index contributed by atoms with van der Waals surface area (Å²) < 4.78 is 14.8. The van der Waals surface area contributed by atoms with Crippen molar-refractivity contribution in [3.8, 4) is 0 Å². The fourth-order valence-electron chi connectivity index (χ4n) is 2.08. The molecule has 2 rings (SSSR count). The van der Waals surface area contributed by atoms with Crippen LogP contribution in [0, 0.1) is 5.82 Å². The summed E-state index contributed by atoms with van der Waals surface area (Å²) in [5.41, 5.74) is 6.95. The van der Waals surface area contributed by atoms with E-state index in [1.807, 2.05) is 37.3 Å². The van der Waals surface area contributed by atoms with E-state index in [1.54, 1.807) is 12.1 Å². The van der Waals surface area contributed by atoms with E-state index in [1.165, 1.54) is 0 Å². The van der Waals surface area contributed by atoms with Crippen LogP contribution in [0.15, 0.2) is 46.9 Å². The first-order valence-corrected chi connectivity index (χ1v) is 7.06. The first kappa shape index (κ1) is 14.5. The van der Waals surface area contributed by atoms with Crippen molar-refractivity contribution in [2.75, 3.05) is 0 Å². The lowest BCUT2D eigenvalue weighted by Gasteiger charge is -2.26. The van der Waals surface area contributed by atoms with E-state index in [0.717, 1.165) is 5.56 Å². The highest BCUT2D eigenvalue weighted by atomic mass is 79.9. The number of halogens is 3. The molecular weight excluding hydrogens is 329 g/mol. The standard InChI is InChI=1S/C15H14BrClFN/c1-15(19,9-10-5-3-2-4-6-10)11-7-8-12(16)13(17)14(11)18/h2-8H,9,19H2,1H3. The Kier molecular flexibility index (Phi) is 4.29. The quantitative estimate of drug-likeness (QED) is 0.807. The topological polar surface area (TPSA) is 26.0 Å². The Labute approximate surface area is 125 Å². The van der Waals surface area contributed by atoms with Crippen LogP contribution in [0.5, 0.6) is 0 Å². The van der Waals surface area contributed by atoms with Crippen molar-refractivity contribution >= 4 is 27.5 Å². The summed E-state index contributed by atoms with van der Waals surface area (Å²) in [7, 11) is 0. The van der Waals surface area contributed by atoms with Crippen LogP contribution in [0.4, 0.5) is 4.39 Å². The Balaban J connectivity index is 2.37. The summed E-state index contributed by atoms with van der Waals surface area (Å²) >= 11 is 9.12. The second-order valence-electron chi connectivity index (χ2n) is 4.80. The number of benzene rings is 2. The molecule has 0 saturated heterocycles.